The molecule has 1 aliphatic rings. The molecule has 3 N–H and O–H groups in total. The van der Waals surface area contributed by atoms with E-state index in [1.165, 1.54) is 0 Å². The maximum atomic E-state index is 11.2. The summed E-state index contributed by atoms with van der Waals surface area (Å²) in [6.45, 7) is 4.03. The number of carbonyl (C=O) groups is 2. The second kappa shape index (κ2) is 3.26. The Kier molecular flexibility index (Phi) is 2.56. The average Bonchev–Trinajstić information content (AvgIpc) is 2.46. The quantitative estimate of drug-likeness (QED) is 0.669. The number of primary amides is 1. The molecule has 2 atom stereocenters. The van der Waals surface area contributed by atoms with Gasteiger partial charge in [-0.15, -0.1) is 0 Å². The molecule has 0 heterocycles. The zero-order valence-electron chi connectivity index (χ0n) is 8.67. The van der Waals surface area contributed by atoms with E-state index >= 15 is 0 Å². The summed E-state index contributed by atoms with van der Waals surface area (Å²) in [5, 5.41) is 9.06. The smallest absolute Gasteiger partial charge is 0.319 e. The Labute approximate surface area is 83.5 Å². The second-order valence-electron chi connectivity index (χ2n) is 4.59. The summed E-state index contributed by atoms with van der Waals surface area (Å²) in [5.41, 5.74) is 3.83. The SMILES string of the molecule is CCC1(C)CCC(C(N)=O)(C(=O)O)C1. The summed E-state index contributed by atoms with van der Waals surface area (Å²) >= 11 is 0. The third-order valence-electron chi connectivity index (χ3n) is 3.62. The number of amides is 1. The molecule has 0 bridgehead atoms. The fourth-order valence-corrected chi connectivity index (χ4v) is 2.22. The number of hydrogen-bond acceptors (Lipinski definition) is 2. The Morgan fingerprint density at radius 2 is 2.00 bits per heavy atom. The molecule has 80 valence electrons. The highest BCUT2D eigenvalue weighted by molar-refractivity contribution is 6.01. The van der Waals surface area contributed by atoms with Gasteiger partial charge in [-0.3, -0.25) is 9.59 Å². The van der Waals surface area contributed by atoms with Gasteiger partial charge in [0.2, 0.25) is 5.91 Å². The third-order valence-corrected chi connectivity index (χ3v) is 3.62. The van der Waals surface area contributed by atoms with Crippen LogP contribution in [0.2, 0.25) is 0 Å². The van der Waals surface area contributed by atoms with Crippen molar-refractivity contribution >= 4 is 11.9 Å². The topological polar surface area (TPSA) is 80.4 Å². The Hall–Kier alpha value is -1.06. The van der Waals surface area contributed by atoms with E-state index in [4.69, 9.17) is 10.8 Å². The van der Waals surface area contributed by atoms with Crippen LogP contribution >= 0.6 is 0 Å². The van der Waals surface area contributed by atoms with Crippen molar-refractivity contribution in [3.63, 3.8) is 0 Å². The van der Waals surface area contributed by atoms with E-state index in [9.17, 15) is 9.59 Å². The molecule has 1 rings (SSSR count). The van der Waals surface area contributed by atoms with E-state index in [0.717, 1.165) is 12.8 Å². The highest BCUT2D eigenvalue weighted by Gasteiger charge is 2.54. The molecule has 0 spiro atoms. The first-order valence-corrected chi connectivity index (χ1v) is 4.90. The predicted molar refractivity (Wildman–Crippen MR) is 51.5 cm³/mol. The van der Waals surface area contributed by atoms with Crippen LogP contribution < -0.4 is 5.73 Å². The number of carboxylic acids is 1. The molecule has 1 aliphatic carbocycles. The molecular weight excluding hydrogens is 182 g/mol. The van der Waals surface area contributed by atoms with Crippen molar-refractivity contribution in [2.45, 2.75) is 39.5 Å². The first kappa shape index (κ1) is 11.0. The largest absolute Gasteiger partial charge is 0.480 e. The maximum Gasteiger partial charge on any atom is 0.319 e. The van der Waals surface area contributed by atoms with Crippen LogP contribution in [0.15, 0.2) is 0 Å². The molecule has 1 saturated carbocycles. The molecular formula is C10H17NO3. The molecule has 0 aromatic heterocycles. The number of aliphatic carboxylic acids is 1. The number of hydrogen-bond donors (Lipinski definition) is 2. The van der Waals surface area contributed by atoms with Gasteiger partial charge in [-0.2, -0.15) is 0 Å². The minimum atomic E-state index is -1.31. The molecule has 0 saturated heterocycles. The second-order valence-corrected chi connectivity index (χ2v) is 4.59. The van der Waals surface area contributed by atoms with Crippen molar-refractivity contribution in [2.75, 3.05) is 0 Å². The van der Waals surface area contributed by atoms with Crippen LogP contribution in [0.3, 0.4) is 0 Å². The zero-order valence-corrected chi connectivity index (χ0v) is 8.67. The standard InChI is InChI=1S/C10H17NO3/c1-3-9(2)4-5-10(6-9,7(11)12)8(13)14/h3-6H2,1-2H3,(H2,11,12)(H,13,14). The summed E-state index contributed by atoms with van der Waals surface area (Å²) in [7, 11) is 0. The summed E-state index contributed by atoms with van der Waals surface area (Å²) in [4.78, 5) is 22.3. The Morgan fingerprint density at radius 1 is 1.43 bits per heavy atom. The van der Waals surface area contributed by atoms with Gasteiger partial charge < -0.3 is 10.8 Å². The van der Waals surface area contributed by atoms with Crippen molar-refractivity contribution in [1.82, 2.24) is 0 Å². The lowest BCUT2D eigenvalue weighted by Gasteiger charge is -2.25. The van der Waals surface area contributed by atoms with Gasteiger partial charge in [0.15, 0.2) is 0 Å². The van der Waals surface area contributed by atoms with Crippen LogP contribution in [-0.4, -0.2) is 17.0 Å². The van der Waals surface area contributed by atoms with Gasteiger partial charge in [0.1, 0.15) is 5.41 Å². The molecule has 1 fully saturated rings. The van der Waals surface area contributed by atoms with Gasteiger partial charge in [0.25, 0.3) is 0 Å². The van der Waals surface area contributed by atoms with Crippen LogP contribution in [0.5, 0.6) is 0 Å². The maximum absolute atomic E-state index is 11.2. The molecule has 0 aliphatic heterocycles. The molecule has 4 nitrogen and oxygen atoms in total. The molecule has 14 heavy (non-hydrogen) atoms. The third kappa shape index (κ3) is 1.49. The summed E-state index contributed by atoms with van der Waals surface area (Å²) in [5.74, 6) is -1.76. The number of nitrogens with two attached hydrogens (primary N) is 1. The Morgan fingerprint density at radius 3 is 2.21 bits per heavy atom. The van der Waals surface area contributed by atoms with Gasteiger partial charge in [-0.25, -0.2) is 0 Å². The van der Waals surface area contributed by atoms with Gasteiger partial charge in [0.05, 0.1) is 0 Å². The molecule has 4 heteroatoms. The van der Waals surface area contributed by atoms with E-state index in [1.54, 1.807) is 0 Å². The molecule has 0 aromatic carbocycles. The monoisotopic (exact) mass is 199 g/mol. The summed E-state index contributed by atoms with van der Waals surface area (Å²) in [6.07, 6.45) is 2.40. The van der Waals surface area contributed by atoms with Crippen LogP contribution in [0, 0.1) is 10.8 Å². The van der Waals surface area contributed by atoms with Crippen molar-refractivity contribution in [3.8, 4) is 0 Å². The van der Waals surface area contributed by atoms with Crippen molar-refractivity contribution < 1.29 is 14.7 Å². The summed E-state index contributed by atoms with van der Waals surface area (Å²) < 4.78 is 0. The molecule has 1 amide bonds. The van der Waals surface area contributed by atoms with Gasteiger partial charge >= 0.3 is 5.97 Å². The molecule has 0 aromatic rings. The van der Waals surface area contributed by atoms with Gasteiger partial charge in [0, 0.05) is 0 Å². The van der Waals surface area contributed by atoms with Crippen molar-refractivity contribution in [1.29, 1.82) is 0 Å². The van der Waals surface area contributed by atoms with E-state index in [2.05, 4.69) is 0 Å². The van der Waals surface area contributed by atoms with E-state index in [-0.39, 0.29) is 5.41 Å². The normalized spacial score (nSPS) is 37.0. The lowest BCUT2D eigenvalue weighted by Crippen LogP contribution is -2.42. The minimum absolute atomic E-state index is 0.0482. The van der Waals surface area contributed by atoms with Crippen molar-refractivity contribution in [2.24, 2.45) is 16.6 Å². The highest BCUT2D eigenvalue weighted by Crippen LogP contribution is 2.51. The van der Waals surface area contributed by atoms with E-state index < -0.39 is 17.3 Å². The number of carboxylic acid groups (broad SMARTS) is 1. The highest BCUT2D eigenvalue weighted by atomic mass is 16.4. The number of rotatable bonds is 3. The average molecular weight is 199 g/mol. The Bertz CT molecular complexity index is 261. The molecule has 0 radical (unpaired) electrons. The van der Waals surface area contributed by atoms with E-state index in [1.807, 2.05) is 13.8 Å². The van der Waals surface area contributed by atoms with Gasteiger partial charge in [-0.05, 0) is 24.7 Å². The summed E-state index contributed by atoms with van der Waals surface area (Å²) in [6, 6.07) is 0. The lowest BCUT2D eigenvalue weighted by atomic mass is 9.79. The first-order valence-electron chi connectivity index (χ1n) is 4.90. The van der Waals surface area contributed by atoms with Gasteiger partial charge in [-0.1, -0.05) is 20.3 Å². The first-order chi connectivity index (χ1) is 6.36. The van der Waals surface area contributed by atoms with E-state index in [0.29, 0.717) is 12.8 Å². The number of carbonyl (C=O) groups excluding carboxylic acids is 1. The van der Waals surface area contributed by atoms with Crippen molar-refractivity contribution in [3.05, 3.63) is 0 Å². The minimum Gasteiger partial charge on any atom is -0.480 e. The Balaban J connectivity index is 2.96. The molecule has 2 unspecified atom stereocenters. The predicted octanol–water partition coefficient (Wildman–Crippen LogP) is 1.14. The lowest BCUT2D eigenvalue weighted by molar-refractivity contribution is -0.154. The van der Waals surface area contributed by atoms with Crippen LogP contribution in [-0.2, 0) is 9.59 Å². The van der Waals surface area contributed by atoms with Crippen LogP contribution in [0.1, 0.15) is 39.5 Å². The fourth-order valence-electron chi connectivity index (χ4n) is 2.22. The van der Waals surface area contributed by atoms with Crippen LogP contribution in [0.25, 0.3) is 0 Å². The zero-order chi connectivity index (χ0) is 11.0. The fraction of sp³-hybridized carbons (Fsp3) is 0.800. The van der Waals surface area contributed by atoms with Crippen LogP contribution in [0.4, 0.5) is 0 Å².